The van der Waals surface area contributed by atoms with Crippen LogP contribution in [0.2, 0.25) is 0 Å². The highest BCUT2D eigenvalue weighted by Gasteiger charge is 2.06. The average Bonchev–Trinajstić information content (AvgIpc) is 2.46. The summed E-state index contributed by atoms with van der Waals surface area (Å²) in [5.74, 6) is 1.81. The van der Waals surface area contributed by atoms with Crippen molar-refractivity contribution < 1.29 is 4.74 Å². The van der Waals surface area contributed by atoms with Gasteiger partial charge < -0.3 is 10.5 Å². The summed E-state index contributed by atoms with van der Waals surface area (Å²) >= 11 is 1.80. The van der Waals surface area contributed by atoms with Crippen LogP contribution in [-0.2, 0) is 6.42 Å². The molecular formula is C16H19NOS. The highest BCUT2D eigenvalue weighted by atomic mass is 32.2. The quantitative estimate of drug-likeness (QED) is 0.820. The third-order valence-corrected chi connectivity index (χ3v) is 4.04. The predicted molar refractivity (Wildman–Crippen MR) is 81.8 cm³/mol. The van der Waals surface area contributed by atoms with Crippen molar-refractivity contribution in [2.45, 2.75) is 17.4 Å². The van der Waals surface area contributed by atoms with Gasteiger partial charge in [0.2, 0.25) is 0 Å². The normalized spacial score (nSPS) is 12.1. The second-order valence-electron chi connectivity index (χ2n) is 4.44. The van der Waals surface area contributed by atoms with E-state index in [-0.39, 0.29) is 6.04 Å². The van der Waals surface area contributed by atoms with Gasteiger partial charge in [-0.25, -0.2) is 0 Å². The van der Waals surface area contributed by atoms with E-state index in [2.05, 4.69) is 30.3 Å². The molecule has 0 heterocycles. The third-order valence-electron chi connectivity index (χ3n) is 2.84. The molecule has 0 fully saturated rings. The van der Waals surface area contributed by atoms with Crippen molar-refractivity contribution in [2.75, 3.05) is 12.9 Å². The Kier molecular flexibility index (Phi) is 5.31. The first-order chi connectivity index (χ1) is 9.28. The minimum atomic E-state index is 0.150. The van der Waals surface area contributed by atoms with Gasteiger partial charge in [-0.1, -0.05) is 30.3 Å². The lowest BCUT2D eigenvalue weighted by atomic mass is 10.1. The van der Waals surface area contributed by atoms with E-state index < -0.39 is 0 Å². The minimum absolute atomic E-state index is 0.150. The van der Waals surface area contributed by atoms with Gasteiger partial charge in [0, 0.05) is 16.7 Å². The molecule has 0 saturated carbocycles. The lowest BCUT2D eigenvalue weighted by Gasteiger charge is -2.12. The van der Waals surface area contributed by atoms with Crippen LogP contribution in [0.15, 0.2) is 59.5 Å². The first kappa shape index (κ1) is 14.0. The molecule has 2 N–H and O–H groups in total. The summed E-state index contributed by atoms with van der Waals surface area (Å²) < 4.78 is 5.22. The van der Waals surface area contributed by atoms with E-state index in [1.807, 2.05) is 24.3 Å². The monoisotopic (exact) mass is 273 g/mol. The molecule has 0 saturated heterocycles. The molecule has 0 radical (unpaired) electrons. The smallest absolute Gasteiger partial charge is 0.119 e. The summed E-state index contributed by atoms with van der Waals surface area (Å²) in [6.45, 7) is 0. The van der Waals surface area contributed by atoms with E-state index in [0.717, 1.165) is 17.9 Å². The molecule has 0 bridgehead atoms. The molecule has 100 valence electrons. The van der Waals surface area contributed by atoms with Gasteiger partial charge in [0.1, 0.15) is 5.75 Å². The second kappa shape index (κ2) is 7.22. The Morgan fingerprint density at radius 1 is 1.11 bits per heavy atom. The van der Waals surface area contributed by atoms with E-state index in [4.69, 9.17) is 10.5 Å². The third kappa shape index (κ3) is 4.62. The van der Waals surface area contributed by atoms with Gasteiger partial charge >= 0.3 is 0 Å². The van der Waals surface area contributed by atoms with Crippen molar-refractivity contribution in [2.24, 2.45) is 5.73 Å². The number of hydrogen-bond donors (Lipinski definition) is 1. The fraction of sp³-hybridized carbons (Fsp3) is 0.250. The summed E-state index contributed by atoms with van der Waals surface area (Å²) in [5.41, 5.74) is 7.41. The van der Waals surface area contributed by atoms with E-state index in [0.29, 0.717) is 0 Å². The van der Waals surface area contributed by atoms with Crippen molar-refractivity contribution in [3.8, 4) is 5.75 Å². The number of ether oxygens (including phenoxy) is 1. The van der Waals surface area contributed by atoms with Gasteiger partial charge in [-0.05, 0) is 36.2 Å². The fourth-order valence-corrected chi connectivity index (χ4v) is 2.76. The number of thioether (sulfide) groups is 1. The summed E-state index contributed by atoms with van der Waals surface area (Å²) in [5, 5.41) is 0. The standard InChI is InChI=1S/C16H19NOS/c1-18-15-7-5-6-13(11-15)10-14(17)12-19-16-8-3-2-4-9-16/h2-9,11,14H,10,12,17H2,1H3. The van der Waals surface area contributed by atoms with Crippen molar-refractivity contribution in [3.05, 3.63) is 60.2 Å². The van der Waals surface area contributed by atoms with Crippen molar-refractivity contribution in [1.29, 1.82) is 0 Å². The number of hydrogen-bond acceptors (Lipinski definition) is 3. The average molecular weight is 273 g/mol. The van der Waals surface area contributed by atoms with Crippen LogP contribution >= 0.6 is 11.8 Å². The lowest BCUT2D eigenvalue weighted by molar-refractivity contribution is 0.414. The number of methoxy groups -OCH3 is 1. The minimum Gasteiger partial charge on any atom is -0.497 e. The highest BCUT2D eigenvalue weighted by molar-refractivity contribution is 7.99. The van der Waals surface area contributed by atoms with E-state index >= 15 is 0 Å². The highest BCUT2D eigenvalue weighted by Crippen LogP contribution is 2.19. The number of nitrogens with two attached hydrogens (primary N) is 1. The van der Waals surface area contributed by atoms with Crippen LogP contribution in [0.25, 0.3) is 0 Å². The maximum absolute atomic E-state index is 6.18. The van der Waals surface area contributed by atoms with Gasteiger partial charge in [-0.2, -0.15) is 0 Å². The van der Waals surface area contributed by atoms with Crippen molar-refractivity contribution >= 4 is 11.8 Å². The predicted octanol–water partition coefficient (Wildman–Crippen LogP) is 3.36. The first-order valence-electron chi connectivity index (χ1n) is 6.34. The molecule has 2 aromatic carbocycles. The Balaban J connectivity index is 1.85. The molecule has 3 heteroatoms. The molecule has 0 spiro atoms. The van der Waals surface area contributed by atoms with Gasteiger partial charge in [0.25, 0.3) is 0 Å². The van der Waals surface area contributed by atoms with Gasteiger partial charge in [-0.15, -0.1) is 11.8 Å². The largest absolute Gasteiger partial charge is 0.497 e. The van der Waals surface area contributed by atoms with Crippen LogP contribution < -0.4 is 10.5 Å². The molecule has 0 aliphatic rings. The Morgan fingerprint density at radius 2 is 1.89 bits per heavy atom. The second-order valence-corrected chi connectivity index (χ2v) is 5.53. The van der Waals surface area contributed by atoms with Crippen LogP contribution in [0, 0.1) is 0 Å². The summed E-state index contributed by atoms with van der Waals surface area (Å²) in [6.07, 6.45) is 0.872. The van der Waals surface area contributed by atoms with Gasteiger partial charge in [0.15, 0.2) is 0 Å². The van der Waals surface area contributed by atoms with Crippen LogP contribution in [0.5, 0.6) is 5.75 Å². The number of benzene rings is 2. The molecule has 19 heavy (non-hydrogen) atoms. The molecule has 0 aliphatic carbocycles. The Morgan fingerprint density at radius 3 is 2.63 bits per heavy atom. The summed E-state index contributed by atoms with van der Waals surface area (Å²) in [6, 6.07) is 18.6. The van der Waals surface area contributed by atoms with Gasteiger partial charge in [0.05, 0.1) is 7.11 Å². The summed E-state index contributed by atoms with van der Waals surface area (Å²) in [4.78, 5) is 1.27. The maximum atomic E-state index is 6.18. The van der Waals surface area contributed by atoms with E-state index in [1.165, 1.54) is 10.5 Å². The zero-order chi connectivity index (χ0) is 13.5. The summed E-state index contributed by atoms with van der Waals surface area (Å²) in [7, 11) is 1.68. The molecule has 0 aromatic heterocycles. The Hall–Kier alpha value is -1.45. The first-order valence-corrected chi connectivity index (χ1v) is 7.33. The van der Waals surface area contributed by atoms with Crippen LogP contribution in [0.1, 0.15) is 5.56 Å². The Labute approximate surface area is 119 Å². The topological polar surface area (TPSA) is 35.2 Å². The molecule has 2 rings (SSSR count). The lowest BCUT2D eigenvalue weighted by Crippen LogP contribution is -2.25. The zero-order valence-corrected chi connectivity index (χ0v) is 11.9. The van der Waals surface area contributed by atoms with Crippen molar-refractivity contribution in [1.82, 2.24) is 0 Å². The van der Waals surface area contributed by atoms with Gasteiger partial charge in [-0.3, -0.25) is 0 Å². The number of rotatable bonds is 6. The molecule has 2 aromatic rings. The molecular weight excluding hydrogens is 254 g/mol. The molecule has 1 unspecified atom stereocenters. The van der Waals surface area contributed by atoms with E-state index in [1.54, 1.807) is 18.9 Å². The van der Waals surface area contributed by atoms with Crippen LogP contribution in [-0.4, -0.2) is 18.9 Å². The molecule has 0 amide bonds. The Bertz CT molecular complexity index is 501. The fourth-order valence-electron chi connectivity index (χ4n) is 1.88. The molecule has 0 aliphatic heterocycles. The van der Waals surface area contributed by atoms with Crippen LogP contribution in [0.3, 0.4) is 0 Å². The van der Waals surface area contributed by atoms with Crippen molar-refractivity contribution in [3.63, 3.8) is 0 Å². The molecule has 1 atom stereocenters. The van der Waals surface area contributed by atoms with E-state index in [9.17, 15) is 0 Å². The maximum Gasteiger partial charge on any atom is 0.119 e. The molecule has 2 nitrogen and oxygen atoms in total. The SMILES string of the molecule is COc1cccc(CC(N)CSc2ccccc2)c1. The van der Waals surface area contributed by atoms with Crippen LogP contribution in [0.4, 0.5) is 0 Å². The zero-order valence-electron chi connectivity index (χ0n) is 11.1.